The Balaban J connectivity index is 2.01. The maximum Gasteiger partial charge on any atom is 0.341 e. The van der Waals surface area contributed by atoms with Gasteiger partial charge in [0.05, 0.1) is 19.2 Å². The van der Waals surface area contributed by atoms with Crippen LogP contribution in [-0.4, -0.2) is 25.3 Å². The minimum atomic E-state index is -0.500. The number of carbonyl (C=O) groups excluding carboxylic acids is 1. The van der Waals surface area contributed by atoms with Crippen LogP contribution in [0.3, 0.4) is 0 Å². The number of anilines is 1. The molecule has 0 amide bonds. The highest BCUT2D eigenvalue weighted by Gasteiger charge is 2.13. The third-order valence-electron chi connectivity index (χ3n) is 3.30. The first kappa shape index (κ1) is 19.0. The van der Waals surface area contributed by atoms with Crippen molar-refractivity contribution in [2.75, 3.05) is 19.5 Å². The number of hydrogen-bond acceptors (Lipinski definition) is 4. The first-order chi connectivity index (χ1) is 11.9. The van der Waals surface area contributed by atoms with Gasteiger partial charge in [-0.25, -0.2) is 9.18 Å². The monoisotopic (exact) mass is 382 g/mol. The molecule has 0 heterocycles. The Morgan fingerprint density at radius 1 is 1.24 bits per heavy atom. The lowest BCUT2D eigenvalue weighted by molar-refractivity contribution is 0.0597. The zero-order valence-corrected chi connectivity index (χ0v) is 15.1. The molecule has 0 aliphatic heterocycles. The highest BCUT2D eigenvalue weighted by molar-refractivity contribution is 7.80. The number of halogens is 2. The fraction of sp³-hybridized carbons (Fsp3) is 0.176. The van der Waals surface area contributed by atoms with Crippen LogP contribution in [0, 0.1) is 5.82 Å². The molecule has 0 aliphatic carbocycles. The molecule has 0 bridgehead atoms. The van der Waals surface area contributed by atoms with Crippen molar-refractivity contribution in [3.05, 3.63) is 58.4 Å². The number of hydrogen-bond donors (Lipinski definition) is 2. The Morgan fingerprint density at radius 3 is 2.64 bits per heavy atom. The van der Waals surface area contributed by atoms with E-state index < -0.39 is 11.8 Å². The zero-order chi connectivity index (χ0) is 18.4. The van der Waals surface area contributed by atoms with Crippen LogP contribution in [0.15, 0.2) is 36.4 Å². The Labute approximate surface area is 155 Å². The SMILES string of the molecule is COC(=O)c1cc(CNC(=S)Nc2ccc(F)c(Cl)c2)ccc1OC. The number of nitrogens with one attached hydrogen (secondary N) is 2. The van der Waals surface area contributed by atoms with Gasteiger partial charge in [0.25, 0.3) is 0 Å². The standard InChI is InChI=1S/C17H16ClFN2O3S/c1-23-15-6-3-10(7-12(15)16(22)24-2)9-20-17(25)21-11-4-5-14(19)13(18)8-11/h3-8H,9H2,1-2H3,(H2,20,21,25). The molecule has 0 saturated carbocycles. The molecule has 2 rings (SSSR count). The van der Waals surface area contributed by atoms with Crippen LogP contribution >= 0.6 is 23.8 Å². The average molecular weight is 383 g/mol. The highest BCUT2D eigenvalue weighted by Crippen LogP contribution is 2.21. The lowest BCUT2D eigenvalue weighted by Gasteiger charge is -2.13. The number of esters is 1. The third-order valence-corrected chi connectivity index (χ3v) is 3.84. The summed E-state index contributed by atoms with van der Waals surface area (Å²) in [5.74, 6) is -0.558. The van der Waals surface area contributed by atoms with Crippen molar-refractivity contribution < 1.29 is 18.7 Å². The molecule has 0 radical (unpaired) electrons. The lowest BCUT2D eigenvalue weighted by Crippen LogP contribution is -2.28. The molecule has 0 aliphatic rings. The van der Waals surface area contributed by atoms with Gasteiger partial charge in [0.15, 0.2) is 5.11 Å². The van der Waals surface area contributed by atoms with Gasteiger partial charge in [0, 0.05) is 12.2 Å². The van der Waals surface area contributed by atoms with Gasteiger partial charge in [-0.3, -0.25) is 0 Å². The summed E-state index contributed by atoms with van der Waals surface area (Å²) in [7, 11) is 2.78. The van der Waals surface area contributed by atoms with Crippen LogP contribution in [0.5, 0.6) is 5.75 Å². The zero-order valence-electron chi connectivity index (χ0n) is 13.6. The van der Waals surface area contributed by atoms with Crippen LogP contribution in [0.4, 0.5) is 10.1 Å². The molecule has 5 nitrogen and oxygen atoms in total. The summed E-state index contributed by atoms with van der Waals surface area (Å²) in [6, 6.07) is 9.36. The first-order valence-corrected chi connectivity index (χ1v) is 7.98. The minimum Gasteiger partial charge on any atom is -0.496 e. The van der Waals surface area contributed by atoms with Gasteiger partial charge in [0.1, 0.15) is 17.1 Å². The van der Waals surface area contributed by atoms with Gasteiger partial charge in [-0.05, 0) is 48.1 Å². The molecule has 0 saturated heterocycles. The molecule has 2 N–H and O–H groups in total. The van der Waals surface area contributed by atoms with Crippen molar-refractivity contribution in [1.82, 2.24) is 5.32 Å². The summed E-state index contributed by atoms with van der Waals surface area (Å²) in [4.78, 5) is 11.8. The molecule has 2 aromatic rings. The minimum absolute atomic E-state index is 0.00525. The summed E-state index contributed by atoms with van der Waals surface area (Å²) < 4.78 is 23.0. The normalized spacial score (nSPS) is 10.1. The summed E-state index contributed by atoms with van der Waals surface area (Å²) in [6.07, 6.45) is 0. The molecule has 132 valence electrons. The Morgan fingerprint density at radius 2 is 2.00 bits per heavy atom. The van der Waals surface area contributed by atoms with E-state index in [2.05, 4.69) is 10.6 Å². The van der Waals surface area contributed by atoms with Gasteiger partial charge in [-0.2, -0.15) is 0 Å². The molecule has 25 heavy (non-hydrogen) atoms. The smallest absolute Gasteiger partial charge is 0.341 e. The van der Waals surface area contributed by atoms with E-state index in [9.17, 15) is 9.18 Å². The van der Waals surface area contributed by atoms with Gasteiger partial charge < -0.3 is 20.1 Å². The van der Waals surface area contributed by atoms with Crippen molar-refractivity contribution in [3.8, 4) is 5.75 Å². The van der Waals surface area contributed by atoms with Crippen LogP contribution < -0.4 is 15.4 Å². The molecule has 0 spiro atoms. The second-order valence-corrected chi connectivity index (χ2v) is 5.78. The summed E-state index contributed by atoms with van der Waals surface area (Å²) in [5.41, 5.74) is 1.70. The topological polar surface area (TPSA) is 59.6 Å². The number of carbonyl (C=O) groups is 1. The maximum absolute atomic E-state index is 13.1. The summed E-state index contributed by atoms with van der Waals surface area (Å²) in [5, 5.41) is 6.23. The van der Waals surface area contributed by atoms with Crippen molar-refractivity contribution in [2.24, 2.45) is 0 Å². The van der Waals surface area contributed by atoms with E-state index in [1.165, 1.54) is 32.4 Å². The van der Waals surface area contributed by atoms with Gasteiger partial charge in [0.2, 0.25) is 0 Å². The molecule has 2 aromatic carbocycles. The quantitative estimate of drug-likeness (QED) is 0.606. The molecular weight excluding hydrogens is 367 g/mol. The van der Waals surface area contributed by atoms with Crippen molar-refractivity contribution in [1.29, 1.82) is 0 Å². The van der Waals surface area contributed by atoms with Crippen LogP contribution in [0.25, 0.3) is 0 Å². The largest absolute Gasteiger partial charge is 0.496 e. The average Bonchev–Trinajstić information content (AvgIpc) is 2.62. The second kappa shape index (κ2) is 8.64. The molecule has 0 unspecified atom stereocenters. The first-order valence-electron chi connectivity index (χ1n) is 7.19. The Bertz CT molecular complexity index is 801. The number of ether oxygens (including phenoxy) is 2. The van der Waals surface area contributed by atoms with Gasteiger partial charge in [-0.15, -0.1) is 0 Å². The van der Waals surface area contributed by atoms with E-state index in [4.69, 9.17) is 33.3 Å². The fourth-order valence-corrected chi connectivity index (χ4v) is 2.44. The number of benzene rings is 2. The van der Waals surface area contributed by atoms with E-state index in [1.54, 1.807) is 18.2 Å². The third kappa shape index (κ3) is 5.04. The number of rotatable bonds is 5. The van der Waals surface area contributed by atoms with E-state index in [-0.39, 0.29) is 5.02 Å². The highest BCUT2D eigenvalue weighted by atomic mass is 35.5. The Kier molecular flexibility index (Phi) is 6.55. The van der Waals surface area contributed by atoms with Crippen LogP contribution in [0.1, 0.15) is 15.9 Å². The number of thiocarbonyl (C=S) groups is 1. The van der Waals surface area contributed by atoms with Gasteiger partial charge in [-0.1, -0.05) is 17.7 Å². The molecule has 0 fully saturated rings. The van der Waals surface area contributed by atoms with E-state index in [0.29, 0.717) is 28.7 Å². The predicted molar refractivity (Wildman–Crippen MR) is 98.8 cm³/mol. The summed E-state index contributed by atoms with van der Waals surface area (Å²) in [6.45, 7) is 0.370. The summed E-state index contributed by atoms with van der Waals surface area (Å²) >= 11 is 10.9. The molecule has 8 heteroatoms. The maximum atomic E-state index is 13.1. The predicted octanol–water partition coefficient (Wildman–Crippen LogP) is 3.76. The van der Waals surface area contributed by atoms with Crippen LogP contribution in [0.2, 0.25) is 5.02 Å². The van der Waals surface area contributed by atoms with Crippen molar-refractivity contribution >= 4 is 40.6 Å². The van der Waals surface area contributed by atoms with E-state index in [1.807, 2.05) is 0 Å². The van der Waals surface area contributed by atoms with Crippen molar-refractivity contribution in [3.63, 3.8) is 0 Å². The fourth-order valence-electron chi connectivity index (χ4n) is 2.07. The Hall–Kier alpha value is -2.38. The van der Waals surface area contributed by atoms with Gasteiger partial charge >= 0.3 is 5.97 Å². The van der Waals surface area contributed by atoms with E-state index >= 15 is 0 Å². The molecule has 0 aromatic heterocycles. The number of methoxy groups -OCH3 is 2. The molecular formula is C17H16ClFN2O3S. The lowest BCUT2D eigenvalue weighted by atomic mass is 10.1. The molecule has 0 atom stereocenters. The second-order valence-electron chi connectivity index (χ2n) is 4.96. The van der Waals surface area contributed by atoms with Crippen molar-refractivity contribution in [2.45, 2.75) is 6.54 Å². The van der Waals surface area contributed by atoms with Crippen LogP contribution in [-0.2, 0) is 11.3 Å². The van der Waals surface area contributed by atoms with E-state index in [0.717, 1.165) is 5.56 Å².